The molecule has 0 fully saturated rings. The number of benzene rings is 3. The van der Waals surface area contributed by atoms with E-state index in [1.807, 2.05) is 74.5 Å². The minimum Gasteiger partial charge on any atom is -0.394 e. The van der Waals surface area contributed by atoms with Gasteiger partial charge in [0.05, 0.1) is 24.0 Å². The van der Waals surface area contributed by atoms with Crippen molar-refractivity contribution < 1.29 is 14.7 Å². The van der Waals surface area contributed by atoms with Crippen molar-refractivity contribution in [1.82, 2.24) is 10.6 Å². The van der Waals surface area contributed by atoms with Crippen LogP contribution in [-0.2, 0) is 11.2 Å². The zero-order valence-corrected chi connectivity index (χ0v) is 19.4. The fraction of sp³-hybridized carbons (Fsp3) is 0.259. The number of aliphatic hydroxyl groups is 1. The number of rotatable bonds is 10. The van der Waals surface area contributed by atoms with Crippen molar-refractivity contribution in [3.63, 3.8) is 0 Å². The van der Waals surface area contributed by atoms with Gasteiger partial charge in [0, 0.05) is 5.56 Å². The molecule has 0 bridgehead atoms. The van der Waals surface area contributed by atoms with Crippen LogP contribution in [0.3, 0.4) is 0 Å². The maximum atomic E-state index is 13.0. The van der Waals surface area contributed by atoms with Gasteiger partial charge in [-0.1, -0.05) is 68.4 Å². The van der Waals surface area contributed by atoms with E-state index in [1.54, 1.807) is 24.3 Å². The van der Waals surface area contributed by atoms with Gasteiger partial charge in [-0.3, -0.25) is 9.59 Å². The van der Waals surface area contributed by atoms with Crippen molar-refractivity contribution in [2.75, 3.05) is 6.61 Å². The molecule has 0 saturated heterocycles. The highest BCUT2D eigenvalue weighted by molar-refractivity contribution is 5.98. The first-order chi connectivity index (χ1) is 16.5. The van der Waals surface area contributed by atoms with E-state index in [4.69, 9.17) is 0 Å². The van der Waals surface area contributed by atoms with Crippen LogP contribution in [0.1, 0.15) is 29.8 Å². The molecular formula is C27H30N4O3. The topological polar surface area (TPSA) is 103 Å². The molecule has 7 heteroatoms. The van der Waals surface area contributed by atoms with E-state index < -0.39 is 12.1 Å². The number of nitrogens with zero attached hydrogens (tertiary/aromatic N) is 2. The molecule has 3 aromatic carbocycles. The second-order valence-electron chi connectivity index (χ2n) is 8.36. The van der Waals surface area contributed by atoms with Gasteiger partial charge in [0.2, 0.25) is 5.91 Å². The third-order valence-corrected chi connectivity index (χ3v) is 5.27. The molecule has 2 atom stereocenters. The molecule has 2 amide bonds. The molecule has 34 heavy (non-hydrogen) atoms. The monoisotopic (exact) mass is 458 g/mol. The van der Waals surface area contributed by atoms with Gasteiger partial charge in [-0.05, 0) is 48.2 Å². The molecule has 3 aromatic rings. The Morgan fingerprint density at radius 2 is 1.44 bits per heavy atom. The molecule has 0 aliphatic rings. The highest BCUT2D eigenvalue weighted by atomic mass is 16.3. The molecular weight excluding hydrogens is 428 g/mol. The quantitative estimate of drug-likeness (QED) is 0.388. The molecule has 7 nitrogen and oxygen atoms in total. The Bertz CT molecular complexity index is 1100. The minimum absolute atomic E-state index is 0.152. The van der Waals surface area contributed by atoms with Crippen LogP contribution in [0, 0.1) is 5.92 Å². The number of hydrogen-bond donors (Lipinski definition) is 3. The maximum Gasteiger partial charge on any atom is 0.252 e. The predicted molar refractivity (Wildman–Crippen MR) is 132 cm³/mol. The summed E-state index contributed by atoms with van der Waals surface area (Å²) < 4.78 is 0. The summed E-state index contributed by atoms with van der Waals surface area (Å²) in [6, 6.07) is 24.5. The van der Waals surface area contributed by atoms with E-state index in [9.17, 15) is 14.7 Å². The Morgan fingerprint density at radius 1 is 0.824 bits per heavy atom. The number of nitrogens with one attached hydrogen (secondary N) is 2. The molecule has 0 heterocycles. The molecule has 0 unspecified atom stereocenters. The third kappa shape index (κ3) is 7.35. The lowest BCUT2D eigenvalue weighted by atomic mass is 10.0. The van der Waals surface area contributed by atoms with Gasteiger partial charge in [0.25, 0.3) is 5.91 Å². The number of aliphatic hydroxyl groups excluding tert-OH is 1. The van der Waals surface area contributed by atoms with Crippen molar-refractivity contribution in [2.24, 2.45) is 16.1 Å². The van der Waals surface area contributed by atoms with Crippen molar-refractivity contribution in [3.05, 3.63) is 96.1 Å². The second kappa shape index (κ2) is 12.4. The summed E-state index contributed by atoms with van der Waals surface area (Å²) in [5.41, 5.74) is 2.63. The van der Waals surface area contributed by atoms with Crippen LogP contribution in [0.15, 0.2) is 95.2 Å². The maximum absolute atomic E-state index is 13.0. The molecule has 0 aliphatic heterocycles. The van der Waals surface area contributed by atoms with Crippen LogP contribution in [0.2, 0.25) is 0 Å². The smallest absolute Gasteiger partial charge is 0.252 e. The zero-order chi connectivity index (χ0) is 24.3. The Hall–Kier alpha value is -3.84. The number of amides is 2. The molecule has 0 saturated carbocycles. The third-order valence-electron chi connectivity index (χ3n) is 5.27. The number of azo groups is 1. The standard InChI is InChI=1S/C27H30N4O3/c1-19(2)25(27(34)28-24(18-32)16-20-10-5-3-6-11-20)29-26(33)21-12-9-15-23(17-21)31-30-22-13-7-4-8-14-22/h3-15,17,19,24-25,32H,16,18H2,1-2H3,(H,28,34)(H,29,33)/t24-,25-/m0/s1. The molecule has 176 valence electrons. The average molecular weight is 459 g/mol. The first-order valence-electron chi connectivity index (χ1n) is 11.3. The summed E-state index contributed by atoms with van der Waals surface area (Å²) in [5.74, 6) is -0.867. The van der Waals surface area contributed by atoms with E-state index in [-0.39, 0.29) is 24.3 Å². The minimum atomic E-state index is -0.757. The van der Waals surface area contributed by atoms with Gasteiger partial charge < -0.3 is 15.7 Å². The Morgan fingerprint density at radius 3 is 2.09 bits per heavy atom. The summed E-state index contributed by atoms with van der Waals surface area (Å²) in [5, 5.41) is 23.8. The Kier molecular flexibility index (Phi) is 9.05. The van der Waals surface area contributed by atoms with E-state index >= 15 is 0 Å². The highest BCUT2D eigenvalue weighted by Crippen LogP contribution is 2.19. The number of hydrogen-bond acceptors (Lipinski definition) is 5. The Labute approximate surface area is 199 Å². The van der Waals surface area contributed by atoms with Gasteiger partial charge in [-0.2, -0.15) is 10.2 Å². The van der Waals surface area contributed by atoms with Crippen molar-refractivity contribution in [2.45, 2.75) is 32.4 Å². The van der Waals surface area contributed by atoms with Gasteiger partial charge in [0.15, 0.2) is 0 Å². The van der Waals surface area contributed by atoms with Crippen molar-refractivity contribution in [1.29, 1.82) is 0 Å². The lowest BCUT2D eigenvalue weighted by Gasteiger charge is -2.25. The number of carbonyl (C=O) groups excluding carboxylic acids is 2. The zero-order valence-electron chi connectivity index (χ0n) is 19.4. The summed E-state index contributed by atoms with van der Waals surface area (Å²) >= 11 is 0. The molecule has 3 rings (SSSR count). The summed E-state index contributed by atoms with van der Waals surface area (Å²) in [6.07, 6.45) is 0.496. The van der Waals surface area contributed by atoms with Gasteiger partial charge in [0.1, 0.15) is 6.04 Å². The van der Waals surface area contributed by atoms with Gasteiger partial charge >= 0.3 is 0 Å². The van der Waals surface area contributed by atoms with Crippen LogP contribution in [0.25, 0.3) is 0 Å². The number of carbonyl (C=O) groups is 2. The second-order valence-corrected chi connectivity index (χ2v) is 8.36. The fourth-order valence-corrected chi connectivity index (χ4v) is 3.43. The molecule has 0 radical (unpaired) electrons. The molecule has 0 aliphatic carbocycles. The first-order valence-corrected chi connectivity index (χ1v) is 11.3. The lowest BCUT2D eigenvalue weighted by molar-refractivity contribution is -0.125. The van der Waals surface area contributed by atoms with E-state index in [1.165, 1.54) is 0 Å². The average Bonchev–Trinajstić information content (AvgIpc) is 2.86. The van der Waals surface area contributed by atoms with Crippen molar-refractivity contribution in [3.8, 4) is 0 Å². The van der Waals surface area contributed by atoms with Crippen LogP contribution < -0.4 is 10.6 Å². The Balaban J connectivity index is 1.66. The fourth-order valence-electron chi connectivity index (χ4n) is 3.43. The van der Waals surface area contributed by atoms with Crippen LogP contribution >= 0.6 is 0 Å². The van der Waals surface area contributed by atoms with Crippen LogP contribution in [0.4, 0.5) is 11.4 Å². The van der Waals surface area contributed by atoms with Crippen LogP contribution in [-0.4, -0.2) is 35.6 Å². The predicted octanol–water partition coefficient (Wildman–Crippen LogP) is 4.58. The summed E-state index contributed by atoms with van der Waals surface area (Å²) in [6.45, 7) is 3.52. The normalized spacial score (nSPS) is 12.9. The summed E-state index contributed by atoms with van der Waals surface area (Å²) in [4.78, 5) is 25.9. The van der Waals surface area contributed by atoms with Gasteiger partial charge in [-0.15, -0.1) is 0 Å². The van der Waals surface area contributed by atoms with E-state index in [2.05, 4.69) is 20.9 Å². The molecule has 3 N–H and O–H groups in total. The highest BCUT2D eigenvalue weighted by Gasteiger charge is 2.26. The largest absolute Gasteiger partial charge is 0.394 e. The van der Waals surface area contributed by atoms with Crippen molar-refractivity contribution >= 4 is 23.2 Å². The molecule has 0 spiro atoms. The van der Waals surface area contributed by atoms with E-state index in [0.717, 1.165) is 5.56 Å². The lowest BCUT2D eigenvalue weighted by Crippen LogP contribution is -2.53. The molecule has 0 aromatic heterocycles. The van der Waals surface area contributed by atoms with Crippen LogP contribution in [0.5, 0.6) is 0 Å². The first kappa shape index (κ1) is 24.8. The van der Waals surface area contributed by atoms with Gasteiger partial charge in [-0.25, -0.2) is 0 Å². The summed E-state index contributed by atoms with van der Waals surface area (Å²) in [7, 11) is 0. The van der Waals surface area contributed by atoms with E-state index in [0.29, 0.717) is 23.4 Å². The SMILES string of the molecule is CC(C)[C@H](NC(=O)c1cccc(N=Nc2ccccc2)c1)C(=O)N[C@H](CO)Cc1ccccc1.